The van der Waals surface area contributed by atoms with Gasteiger partial charge in [-0.25, -0.2) is 4.79 Å². The first kappa shape index (κ1) is 16.7. The number of nitrogens with one attached hydrogen (secondary N) is 1. The Labute approximate surface area is 109 Å². The molecule has 0 aliphatic carbocycles. The molecule has 102 valence electrons. The topological polar surface area (TPSA) is 47.6 Å². The van der Waals surface area contributed by atoms with Crippen molar-refractivity contribution < 1.29 is 14.3 Å². The van der Waals surface area contributed by atoms with Crippen molar-refractivity contribution in [1.29, 1.82) is 0 Å². The average Bonchev–Trinajstić information content (AvgIpc) is 2.32. The number of hydrogen-bond acceptors (Lipinski definition) is 5. The number of carbonyl (C=O) groups is 1. The molecule has 5 heteroatoms. The molecule has 0 aliphatic rings. The zero-order valence-electron chi connectivity index (χ0n) is 11.0. The fourth-order valence-corrected chi connectivity index (χ4v) is 1.79. The first-order valence-corrected chi connectivity index (χ1v) is 7.63. The summed E-state index contributed by atoms with van der Waals surface area (Å²) in [6, 6.07) is 0. The Bertz CT molecular complexity index is 179. The van der Waals surface area contributed by atoms with Gasteiger partial charge in [-0.3, -0.25) is 0 Å². The minimum Gasteiger partial charge on any atom is -0.464 e. The summed E-state index contributed by atoms with van der Waals surface area (Å²) in [4.78, 5) is 10.9. The lowest BCUT2D eigenvalue weighted by Crippen LogP contribution is -2.23. The molecule has 0 saturated heterocycles. The molecule has 17 heavy (non-hydrogen) atoms. The van der Waals surface area contributed by atoms with Gasteiger partial charge < -0.3 is 14.8 Å². The Morgan fingerprint density at radius 3 is 2.76 bits per heavy atom. The molecule has 0 fully saturated rings. The molecular weight excluding hydrogens is 238 g/mol. The standard InChI is InChI=1S/C12H25NO3S/c1-3-16-12(14)11-15-9-8-13-7-5-4-6-10-17-2/h13H,3-11H2,1-2H3. The Morgan fingerprint density at radius 1 is 1.24 bits per heavy atom. The summed E-state index contributed by atoms with van der Waals surface area (Å²) in [6.45, 7) is 4.64. The highest BCUT2D eigenvalue weighted by Crippen LogP contribution is 2.00. The Balaban J connectivity index is 3.01. The third-order valence-corrected chi connectivity index (χ3v) is 2.85. The SMILES string of the molecule is CCOC(=O)COCCNCCCCCSC. The quantitative estimate of drug-likeness (QED) is 0.429. The molecule has 0 aromatic heterocycles. The number of thioether (sulfide) groups is 1. The second-order valence-electron chi connectivity index (χ2n) is 3.66. The van der Waals surface area contributed by atoms with Crippen LogP contribution in [0.5, 0.6) is 0 Å². The fourth-order valence-electron chi connectivity index (χ4n) is 1.30. The van der Waals surface area contributed by atoms with E-state index in [1.807, 2.05) is 11.8 Å². The van der Waals surface area contributed by atoms with Crippen molar-refractivity contribution in [2.45, 2.75) is 26.2 Å². The summed E-state index contributed by atoms with van der Waals surface area (Å²) in [7, 11) is 0. The van der Waals surface area contributed by atoms with Crippen molar-refractivity contribution in [3.8, 4) is 0 Å². The molecule has 0 bridgehead atoms. The highest BCUT2D eigenvalue weighted by Gasteiger charge is 1.99. The zero-order valence-corrected chi connectivity index (χ0v) is 11.8. The Kier molecular flexibility index (Phi) is 13.6. The lowest BCUT2D eigenvalue weighted by molar-refractivity contribution is -0.148. The third-order valence-electron chi connectivity index (χ3n) is 2.15. The maximum absolute atomic E-state index is 10.9. The summed E-state index contributed by atoms with van der Waals surface area (Å²) < 4.78 is 9.89. The van der Waals surface area contributed by atoms with Gasteiger partial charge in [0.25, 0.3) is 0 Å². The van der Waals surface area contributed by atoms with Crippen LogP contribution in [-0.2, 0) is 14.3 Å². The molecule has 0 atom stereocenters. The van der Waals surface area contributed by atoms with E-state index in [0.29, 0.717) is 13.2 Å². The van der Waals surface area contributed by atoms with Crippen LogP contribution in [0.1, 0.15) is 26.2 Å². The Morgan fingerprint density at radius 2 is 2.06 bits per heavy atom. The van der Waals surface area contributed by atoms with Gasteiger partial charge in [0.1, 0.15) is 6.61 Å². The van der Waals surface area contributed by atoms with Crippen LogP contribution in [0.3, 0.4) is 0 Å². The van der Waals surface area contributed by atoms with E-state index in [4.69, 9.17) is 9.47 Å². The van der Waals surface area contributed by atoms with Crippen molar-refractivity contribution in [1.82, 2.24) is 5.32 Å². The first-order chi connectivity index (χ1) is 8.31. The third kappa shape index (κ3) is 13.7. The highest BCUT2D eigenvalue weighted by molar-refractivity contribution is 7.98. The largest absolute Gasteiger partial charge is 0.464 e. The summed E-state index contributed by atoms with van der Waals surface area (Å²) in [6.07, 6.45) is 5.91. The summed E-state index contributed by atoms with van der Waals surface area (Å²) in [5.41, 5.74) is 0. The van der Waals surface area contributed by atoms with Gasteiger partial charge in [0.05, 0.1) is 13.2 Å². The molecule has 0 spiro atoms. The second-order valence-corrected chi connectivity index (χ2v) is 4.65. The number of hydrogen-bond donors (Lipinski definition) is 1. The monoisotopic (exact) mass is 263 g/mol. The van der Waals surface area contributed by atoms with Crippen LogP contribution in [0.15, 0.2) is 0 Å². The molecule has 0 rings (SSSR count). The normalized spacial score (nSPS) is 10.5. The van der Waals surface area contributed by atoms with Crippen molar-refractivity contribution in [3.63, 3.8) is 0 Å². The molecule has 0 radical (unpaired) electrons. The fraction of sp³-hybridized carbons (Fsp3) is 0.917. The molecule has 0 heterocycles. The first-order valence-electron chi connectivity index (χ1n) is 6.24. The molecule has 0 aromatic rings. The number of ether oxygens (including phenoxy) is 2. The summed E-state index contributed by atoms with van der Waals surface area (Å²) in [5, 5.41) is 3.28. The van der Waals surface area contributed by atoms with Gasteiger partial charge in [-0.15, -0.1) is 0 Å². The summed E-state index contributed by atoms with van der Waals surface area (Å²) in [5.74, 6) is 0.965. The van der Waals surface area contributed by atoms with Crippen LogP contribution in [-0.4, -0.2) is 50.9 Å². The molecule has 0 unspecified atom stereocenters. The van der Waals surface area contributed by atoms with E-state index in [1.165, 1.54) is 25.0 Å². The minimum atomic E-state index is -0.287. The van der Waals surface area contributed by atoms with E-state index in [0.717, 1.165) is 13.1 Å². The van der Waals surface area contributed by atoms with Crippen LogP contribution in [0.25, 0.3) is 0 Å². The van der Waals surface area contributed by atoms with Gasteiger partial charge in [0.2, 0.25) is 0 Å². The van der Waals surface area contributed by atoms with Crippen molar-refractivity contribution >= 4 is 17.7 Å². The maximum Gasteiger partial charge on any atom is 0.332 e. The smallest absolute Gasteiger partial charge is 0.332 e. The van der Waals surface area contributed by atoms with Gasteiger partial charge in [0.15, 0.2) is 0 Å². The molecule has 0 saturated carbocycles. The lowest BCUT2D eigenvalue weighted by atomic mass is 10.2. The van der Waals surface area contributed by atoms with Crippen molar-refractivity contribution in [2.75, 3.05) is 44.9 Å². The van der Waals surface area contributed by atoms with Gasteiger partial charge in [0, 0.05) is 6.54 Å². The number of esters is 1. The molecule has 0 aliphatic heterocycles. The van der Waals surface area contributed by atoms with Crippen molar-refractivity contribution in [2.24, 2.45) is 0 Å². The van der Waals surface area contributed by atoms with Crippen molar-refractivity contribution in [3.05, 3.63) is 0 Å². The maximum atomic E-state index is 10.9. The van der Waals surface area contributed by atoms with Crippen LogP contribution in [0, 0.1) is 0 Å². The van der Waals surface area contributed by atoms with E-state index in [1.54, 1.807) is 6.92 Å². The predicted molar refractivity (Wildman–Crippen MR) is 72.6 cm³/mol. The van der Waals surface area contributed by atoms with E-state index in [-0.39, 0.29) is 12.6 Å². The van der Waals surface area contributed by atoms with E-state index in [9.17, 15) is 4.79 Å². The zero-order chi connectivity index (χ0) is 12.8. The second kappa shape index (κ2) is 13.8. The van der Waals surface area contributed by atoms with Crippen LogP contribution >= 0.6 is 11.8 Å². The number of unbranched alkanes of at least 4 members (excludes halogenated alkanes) is 2. The van der Waals surface area contributed by atoms with Gasteiger partial charge >= 0.3 is 5.97 Å². The van der Waals surface area contributed by atoms with E-state index >= 15 is 0 Å². The number of rotatable bonds is 12. The molecule has 1 N–H and O–H groups in total. The van der Waals surface area contributed by atoms with Gasteiger partial charge in [-0.2, -0.15) is 11.8 Å². The molecular formula is C12H25NO3S. The predicted octanol–water partition coefficient (Wildman–Crippen LogP) is 1.69. The molecule has 0 amide bonds. The van der Waals surface area contributed by atoms with E-state index in [2.05, 4.69) is 11.6 Å². The lowest BCUT2D eigenvalue weighted by Gasteiger charge is -2.05. The van der Waals surface area contributed by atoms with Crippen LogP contribution < -0.4 is 5.32 Å². The minimum absolute atomic E-state index is 0.0588. The van der Waals surface area contributed by atoms with Gasteiger partial charge in [-0.05, 0) is 38.3 Å². The molecule has 0 aromatic carbocycles. The summed E-state index contributed by atoms with van der Waals surface area (Å²) >= 11 is 1.90. The van der Waals surface area contributed by atoms with Crippen LogP contribution in [0.2, 0.25) is 0 Å². The highest BCUT2D eigenvalue weighted by atomic mass is 32.2. The molecule has 4 nitrogen and oxygen atoms in total. The van der Waals surface area contributed by atoms with E-state index < -0.39 is 0 Å². The Hall–Kier alpha value is -0.260. The van der Waals surface area contributed by atoms with Gasteiger partial charge in [-0.1, -0.05) is 6.42 Å². The average molecular weight is 263 g/mol. The number of carbonyl (C=O) groups excluding carboxylic acids is 1. The van der Waals surface area contributed by atoms with Crippen LogP contribution in [0.4, 0.5) is 0 Å².